The summed E-state index contributed by atoms with van der Waals surface area (Å²) in [5.74, 6) is 0.361. The van der Waals surface area contributed by atoms with Crippen LogP contribution in [0.2, 0.25) is 0 Å². The molecule has 0 spiro atoms. The van der Waals surface area contributed by atoms with Gasteiger partial charge in [-0.25, -0.2) is 0 Å². The molecule has 0 aromatic heterocycles. The van der Waals surface area contributed by atoms with Crippen LogP contribution in [0.3, 0.4) is 0 Å². The fourth-order valence-electron chi connectivity index (χ4n) is 2.64. The summed E-state index contributed by atoms with van der Waals surface area (Å²) in [6.45, 7) is -0.174. The molecule has 0 unspecified atom stereocenters. The number of para-hydroxylation sites is 1. The van der Waals surface area contributed by atoms with Gasteiger partial charge in [0.15, 0.2) is 6.61 Å². The Hall–Kier alpha value is -4.31. The number of hydrogen-bond donors (Lipinski definition) is 2. The average Bonchev–Trinajstić information content (AvgIpc) is 2.79. The largest absolute Gasteiger partial charge is 0.496 e. The van der Waals surface area contributed by atoms with E-state index >= 15 is 0 Å². The Morgan fingerprint density at radius 3 is 2.20 bits per heavy atom. The maximum atomic E-state index is 12.4. The summed E-state index contributed by atoms with van der Waals surface area (Å²) in [5.41, 5.74) is 2.11. The van der Waals surface area contributed by atoms with Crippen molar-refractivity contribution in [2.24, 2.45) is 0 Å². The molecule has 7 heteroatoms. The Balaban J connectivity index is 1.52. The minimum atomic E-state index is -0.326. The molecular formula is C23H19N3O4. The van der Waals surface area contributed by atoms with Gasteiger partial charge in [0.25, 0.3) is 11.8 Å². The standard InChI is InChI=1S/C23H19N3O4/c1-29-21-5-3-2-4-20(21)23(28)26-18-10-12-19(13-11-18)30-15-22(27)25-17-8-6-16(14-24)7-9-17/h2-13H,15H2,1H3,(H,25,27)(H,26,28). The lowest BCUT2D eigenvalue weighted by molar-refractivity contribution is -0.118. The number of hydrogen-bond acceptors (Lipinski definition) is 5. The van der Waals surface area contributed by atoms with Crippen molar-refractivity contribution in [3.8, 4) is 17.6 Å². The summed E-state index contributed by atoms with van der Waals surface area (Å²) in [6.07, 6.45) is 0. The van der Waals surface area contributed by atoms with Crippen molar-refractivity contribution in [3.63, 3.8) is 0 Å². The van der Waals surface area contributed by atoms with E-state index in [2.05, 4.69) is 10.6 Å². The third-order valence-electron chi connectivity index (χ3n) is 4.13. The number of ether oxygens (including phenoxy) is 2. The summed E-state index contributed by atoms with van der Waals surface area (Å²) in [4.78, 5) is 24.4. The van der Waals surface area contributed by atoms with Gasteiger partial charge in [-0.1, -0.05) is 12.1 Å². The smallest absolute Gasteiger partial charge is 0.262 e. The van der Waals surface area contributed by atoms with E-state index in [0.717, 1.165) is 0 Å². The molecule has 0 radical (unpaired) electrons. The number of rotatable bonds is 7. The molecule has 30 heavy (non-hydrogen) atoms. The van der Waals surface area contributed by atoms with Crippen molar-refractivity contribution in [1.29, 1.82) is 5.26 Å². The van der Waals surface area contributed by atoms with E-state index in [1.807, 2.05) is 6.07 Å². The molecule has 0 heterocycles. The summed E-state index contributed by atoms with van der Waals surface area (Å²) in [7, 11) is 1.51. The molecule has 0 atom stereocenters. The second-order valence-corrected chi connectivity index (χ2v) is 6.20. The number of carbonyl (C=O) groups is 2. The van der Waals surface area contributed by atoms with Gasteiger partial charge in [0.05, 0.1) is 24.3 Å². The minimum absolute atomic E-state index is 0.174. The second kappa shape index (κ2) is 9.75. The van der Waals surface area contributed by atoms with Crippen molar-refractivity contribution in [1.82, 2.24) is 0 Å². The lowest BCUT2D eigenvalue weighted by atomic mass is 10.2. The molecule has 0 fully saturated rings. The molecule has 0 aliphatic rings. The molecular weight excluding hydrogens is 382 g/mol. The van der Waals surface area contributed by atoms with Gasteiger partial charge in [-0.15, -0.1) is 0 Å². The second-order valence-electron chi connectivity index (χ2n) is 6.20. The fourth-order valence-corrected chi connectivity index (χ4v) is 2.64. The summed E-state index contributed by atoms with van der Waals surface area (Å²) < 4.78 is 10.7. The molecule has 150 valence electrons. The first-order valence-electron chi connectivity index (χ1n) is 9.06. The van der Waals surface area contributed by atoms with Crippen molar-refractivity contribution in [3.05, 3.63) is 83.9 Å². The number of anilines is 2. The van der Waals surface area contributed by atoms with Gasteiger partial charge in [-0.2, -0.15) is 5.26 Å². The Kier molecular flexibility index (Phi) is 6.64. The predicted molar refractivity (Wildman–Crippen MR) is 113 cm³/mol. The lowest BCUT2D eigenvalue weighted by Gasteiger charge is -2.10. The zero-order valence-electron chi connectivity index (χ0n) is 16.2. The Bertz CT molecular complexity index is 1070. The van der Waals surface area contributed by atoms with Crippen LogP contribution in [-0.2, 0) is 4.79 Å². The number of nitrogens with one attached hydrogen (secondary N) is 2. The summed E-state index contributed by atoms with van der Waals surface area (Å²) >= 11 is 0. The molecule has 0 aliphatic heterocycles. The molecule has 7 nitrogen and oxygen atoms in total. The Labute approximate surface area is 173 Å². The van der Waals surface area contributed by atoms with E-state index in [1.54, 1.807) is 72.8 Å². The van der Waals surface area contributed by atoms with Gasteiger partial charge < -0.3 is 20.1 Å². The highest BCUT2D eigenvalue weighted by Gasteiger charge is 2.11. The van der Waals surface area contributed by atoms with Crippen LogP contribution in [0.4, 0.5) is 11.4 Å². The first-order valence-corrected chi connectivity index (χ1v) is 9.06. The first-order chi connectivity index (χ1) is 14.6. The highest BCUT2D eigenvalue weighted by atomic mass is 16.5. The third kappa shape index (κ3) is 5.36. The molecule has 3 aromatic rings. The number of amides is 2. The van der Waals surface area contributed by atoms with Gasteiger partial charge in [0.2, 0.25) is 0 Å². The van der Waals surface area contributed by atoms with Crippen LogP contribution in [0.25, 0.3) is 0 Å². The van der Waals surface area contributed by atoms with E-state index in [0.29, 0.717) is 34.0 Å². The minimum Gasteiger partial charge on any atom is -0.496 e. The molecule has 0 saturated carbocycles. The van der Waals surface area contributed by atoms with E-state index in [9.17, 15) is 9.59 Å². The van der Waals surface area contributed by atoms with Crippen LogP contribution in [0, 0.1) is 11.3 Å². The Morgan fingerprint density at radius 2 is 1.53 bits per heavy atom. The maximum absolute atomic E-state index is 12.4. The summed E-state index contributed by atoms with van der Waals surface area (Å²) in [5, 5.41) is 14.3. The molecule has 2 N–H and O–H groups in total. The van der Waals surface area contributed by atoms with Gasteiger partial charge in [0, 0.05) is 11.4 Å². The normalized spacial score (nSPS) is 9.87. The molecule has 2 amide bonds. The average molecular weight is 401 g/mol. The Morgan fingerprint density at radius 1 is 0.900 bits per heavy atom. The number of nitriles is 1. The third-order valence-corrected chi connectivity index (χ3v) is 4.13. The van der Waals surface area contributed by atoms with Crippen molar-refractivity contribution >= 4 is 23.2 Å². The van der Waals surface area contributed by atoms with Crippen LogP contribution in [0.5, 0.6) is 11.5 Å². The maximum Gasteiger partial charge on any atom is 0.262 e. The SMILES string of the molecule is COc1ccccc1C(=O)Nc1ccc(OCC(=O)Nc2ccc(C#N)cc2)cc1. The first kappa shape index (κ1) is 20.4. The van der Waals surface area contributed by atoms with E-state index < -0.39 is 0 Å². The van der Waals surface area contributed by atoms with Crippen LogP contribution < -0.4 is 20.1 Å². The molecule has 0 bridgehead atoms. The number of benzene rings is 3. The van der Waals surface area contributed by atoms with E-state index in [-0.39, 0.29) is 18.4 Å². The number of methoxy groups -OCH3 is 1. The van der Waals surface area contributed by atoms with Crippen molar-refractivity contribution in [2.75, 3.05) is 24.4 Å². The van der Waals surface area contributed by atoms with Crippen LogP contribution in [0.15, 0.2) is 72.8 Å². The quantitative estimate of drug-likeness (QED) is 0.627. The topological polar surface area (TPSA) is 100 Å². The van der Waals surface area contributed by atoms with Gasteiger partial charge in [-0.05, 0) is 60.7 Å². The predicted octanol–water partition coefficient (Wildman–Crippen LogP) is 3.84. The fraction of sp³-hybridized carbons (Fsp3) is 0.0870. The van der Waals surface area contributed by atoms with E-state index in [4.69, 9.17) is 14.7 Å². The van der Waals surface area contributed by atoms with E-state index in [1.165, 1.54) is 7.11 Å². The zero-order chi connectivity index (χ0) is 21.3. The highest BCUT2D eigenvalue weighted by molar-refractivity contribution is 6.06. The van der Waals surface area contributed by atoms with Crippen LogP contribution in [-0.4, -0.2) is 25.5 Å². The van der Waals surface area contributed by atoms with Gasteiger partial charge >= 0.3 is 0 Å². The lowest BCUT2D eigenvalue weighted by Crippen LogP contribution is -2.20. The van der Waals surface area contributed by atoms with Crippen molar-refractivity contribution < 1.29 is 19.1 Å². The monoisotopic (exact) mass is 401 g/mol. The van der Waals surface area contributed by atoms with Crippen LogP contribution in [0.1, 0.15) is 15.9 Å². The summed E-state index contributed by atoms with van der Waals surface area (Å²) in [6, 6.07) is 22.2. The molecule has 0 aliphatic carbocycles. The van der Waals surface area contributed by atoms with Gasteiger partial charge in [0.1, 0.15) is 11.5 Å². The molecule has 3 aromatic carbocycles. The molecule has 3 rings (SSSR count). The highest BCUT2D eigenvalue weighted by Crippen LogP contribution is 2.21. The number of carbonyl (C=O) groups excluding carboxylic acids is 2. The number of nitrogens with zero attached hydrogens (tertiary/aromatic N) is 1. The zero-order valence-corrected chi connectivity index (χ0v) is 16.2. The van der Waals surface area contributed by atoms with Gasteiger partial charge in [-0.3, -0.25) is 9.59 Å². The van der Waals surface area contributed by atoms with Crippen LogP contribution >= 0.6 is 0 Å². The van der Waals surface area contributed by atoms with Crippen molar-refractivity contribution in [2.45, 2.75) is 0 Å². The molecule has 0 saturated heterocycles.